The first-order valence-electron chi connectivity index (χ1n) is 3.56. The number of nitriles is 1. The van der Waals surface area contributed by atoms with Gasteiger partial charge in [0.15, 0.2) is 0 Å². The first kappa shape index (κ1) is 7.62. The molecule has 1 rings (SSSR count). The summed E-state index contributed by atoms with van der Waals surface area (Å²) >= 11 is 0. The average Bonchev–Trinajstić information content (AvgIpc) is 2.04. The van der Waals surface area contributed by atoms with Crippen LogP contribution in [-0.2, 0) is 6.42 Å². The minimum absolute atomic E-state index is 0.723. The molecule has 0 heterocycles. The summed E-state index contributed by atoms with van der Waals surface area (Å²) in [6.07, 6.45) is 0.855. The number of benzene rings is 1. The van der Waals surface area contributed by atoms with Gasteiger partial charge in [-0.15, -0.1) is 0 Å². The molecule has 1 aromatic rings. The first-order chi connectivity index (χ1) is 5.27. The van der Waals surface area contributed by atoms with Crippen LogP contribution in [0.5, 0.6) is 0 Å². The molecule has 0 atom stereocenters. The molecule has 0 aliphatic heterocycles. The van der Waals surface area contributed by atoms with Gasteiger partial charge in [-0.1, -0.05) is 6.92 Å². The van der Waals surface area contributed by atoms with Crippen LogP contribution in [-0.4, -0.2) is 0 Å². The molecule has 11 heavy (non-hydrogen) atoms. The molecule has 0 amide bonds. The normalized spacial score (nSPS) is 9.09. The van der Waals surface area contributed by atoms with Crippen molar-refractivity contribution in [3.05, 3.63) is 29.3 Å². The number of aryl methyl sites for hydroxylation is 1. The van der Waals surface area contributed by atoms with E-state index >= 15 is 0 Å². The SMILES string of the molecule is CCc1cc(N)ccc1C#N. The second kappa shape index (κ2) is 3.07. The lowest BCUT2D eigenvalue weighted by Gasteiger charge is -2.00. The summed E-state index contributed by atoms with van der Waals surface area (Å²) in [5.41, 5.74) is 8.02. The van der Waals surface area contributed by atoms with Gasteiger partial charge in [0.05, 0.1) is 11.6 Å². The van der Waals surface area contributed by atoms with Gasteiger partial charge in [-0.2, -0.15) is 5.26 Å². The maximum Gasteiger partial charge on any atom is 0.0994 e. The summed E-state index contributed by atoms with van der Waals surface area (Å²) in [6.45, 7) is 2.01. The predicted octanol–water partition coefficient (Wildman–Crippen LogP) is 1.70. The van der Waals surface area contributed by atoms with Crippen molar-refractivity contribution in [2.75, 3.05) is 5.73 Å². The Morgan fingerprint density at radius 2 is 2.27 bits per heavy atom. The van der Waals surface area contributed by atoms with Crippen molar-refractivity contribution in [1.29, 1.82) is 5.26 Å². The van der Waals surface area contributed by atoms with Gasteiger partial charge in [0.25, 0.3) is 0 Å². The third kappa shape index (κ3) is 1.50. The summed E-state index contributed by atoms with van der Waals surface area (Å²) in [5.74, 6) is 0. The summed E-state index contributed by atoms with van der Waals surface area (Å²) in [6, 6.07) is 7.47. The standard InChI is InChI=1S/C9H10N2/c1-2-7-5-9(11)4-3-8(7)6-10/h3-5H,2,11H2,1H3. The van der Waals surface area contributed by atoms with Crippen LogP contribution < -0.4 is 5.73 Å². The lowest BCUT2D eigenvalue weighted by atomic mass is 10.1. The molecule has 0 spiro atoms. The lowest BCUT2D eigenvalue weighted by molar-refractivity contribution is 1.13. The molecule has 0 bridgehead atoms. The molecule has 0 aliphatic carbocycles. The molecule has 0 radical (unpaired) electrons. The molecule has 2 nitrogen and oxygen atoms in total. The van der Waals surface area contributed by atoms with E-state index in [0.29, 0.717) is 0 Å². The van der Waals surface area contributed by atoms with E-state index in [9.17, 15) is 0 Å². The Labute approximate surface area is 66.3 Å². The highest BCUT2D eigenvalue weighted by Crippen LogP contribution is 2.12. The maximum absolute atomic E-state index is 8.65. The van der Waals surface area contributed by atoms with E-state index in [1.165, 1.54) is 0 Å². The van der Waals surface area contributed by atoms with Crippen molar-refractivity contribution in [3.63, 3.8) is 0 Å². The first-order valence-corrected chi connectivity index (χ1v) is 3.56. The van der Waals surface area contributed by atoms with Gasteiger partial charge in [-0.25, -0.2) is 0 Å². The Balaban J connectivity index is 3.19. The summed E-state index contributed by atoms with van der Waals surface area (Å²) in [7, 11) is 0. The molecule has 0 unspecified atom stereocenters. The van der Waals surface area contributed by atoms with E-state index in [-0.39, 0.29) is 0 Å². The average molecular weight is 146 g/mol. The van der Waals surface area contributed by atoms with E-state index in [4.69, 9.17) is 11.0 Å². The van der Waals surface area contributed by atoms with Crippen LogP contribution in [0.1, 0.15) is 18.1 Å². The van der Waals surface area contributed by atoms with Crippen LogP contribution in [0.15, 0.2) is 18.2 Å². The largest absolute Gasteiger partial charge is 0.399 e. The number of anilines is 1. The molecule has 0 aliphatic rings. The van der Waals surface area contributed by atoms with Gasteiger partial charge in [0, 0.05) is 5.69 Å². The summed E-state index contributed by atoms with van der Waals surface area (Å²) in [4.78, 5) is 0. The molecule has 0 fully saturated rings. The van der Waals surface area contributed by atoms with Crippen molar-refractivity contribution < 1.29 is 0 Å². The van der Waals surface area contributed by atoms with Crippen molar-refractivity contribution in [1.82, 2.24) is 0 Å². The van der Waals surface area contributed by atoms with Crippen molar-refractivity contribution in [2.45, 2.75) is 13.3 Å². The van der Waals surface area contributed by atoms with Gasteiger partial charge in [0.1, 0.15) is 0 Å². The fourth-order valence-corrected chi connectivity index (χ4v) is 1.02. The zero-order valence-corrected chi connectivity index (χ0v) is 6.46. The second-order valence-electron chi connectivity index (χ2n) is 2.38. The van der Waals surface area contributed by atoms with Crippen LogP contribution >= 0.6 is 0 Å². The van der Waals surface area contributed by atoms with Crippen molar-refractivity contribution in [2.24, 2.45) is 0 Å². The van der Waals surface area contributed by atoms with Crippen LogP contribution in [0.25, 0.3) is 0 Å². The zero-order chi connectivity index (χ0) is 8.27. The van der Waals surface area contributed by atoms with E-state index in [1.54, 1.807) is 12.1 Å². The highest BCUT2D eigenvalue weighted by atomic mass is 14.5. The highest BCUT2D eigenvalue weighted by molar-refractivity contribution is 5.48. The molecular formula is C9H10N2. The molecule has 0 saturated carbocycles. The third-order valence-electron chi connectivity index (χ3n) is 1.63. The number of nitrogens with zero attached hydrogens (tertiary/aromatic N) is 1. The smallest absolute Gasteiger partial charge is 0.0994 e. The number of nitrogens with two attached hydrogens (primary N) is 1. The quantitative estimate of drug-likeness (QED) is 0.613. The molecule has 1 aromatic carbocycles. The van der Waals surface area contributed by atoms with Crippen molar-refractivity contribution >= 4 is 5.69 Å². The monoisotopic (exact) mass is 146 g/mol. The summed E-state index contributed by atoms with van der Waals surface area (Å²) < 4.78 is 0. The molecule has 0 saturated heterocycles. The van der Waals surface area contributed by atoms with Crippen LogP contribution in [0.2, 0.25) is 0 Å². The maximum atomic E-state index is 8.65. The third-order valence-corrected chi connectivity index (χ3v) is 1.63. The molecule has 0 aromatic heterocycles. The van der Waals surface area contributed by atoms with Crippen LogP contribution in [0.3, 0.4) is 0 Å². The Hall–Kier alpha value is -1.49. The van der Waals surface area contributed by atoms with E-state index in [2.05, 4.69) is 6.07 Å². The van der Waals surface area contributed by atoms with Crippen molar-refractivity contribution in [3.8, 4) is 6.07 Å². The van der Waals surface area contributed by atoms with Gasteiger partial charge < -0.3 is 5.73 Å². The fraction of sp³-hybridized carbons (Fsp3) is 0.222. The number of nitrogen functional groups attached to an aromatic ring is 1. The molecule has 2 N–H and O–H groups in total. The number of hydrogen-bond acceptors (Lipinski definition) is 2. The second-order valence-corrected chi connectivity index (χ2v) is 2.38. The predicted molar refractivity (Wildman–Crippen MR) is 44.9 cm³/mol. The minimum atomic E-state index is 0.723. The van der Waals surface area contributed by atoms with E-state index < -0.39 is 0 Å². The number of rotatable bonds is 1. The van der Waals surface area contributed by atoms with Gasteiger partial charge in [-0.3, -0.25) is 0 Å². The molecular weight excluding hydrogens is 136 g/mol. The Kier molecular flexibility index (Phi) is 2.12. The lowest BCUT2D eigenvalue weighted by Crippen LogP contribution is -1.91. The fourth-order valence-electron chi connectivity index (χ4n) is 1.02. The van der Waals surface area contributed by atoms with Gasteiger partial charge >= 0.3 is 0 Å². The van der Waals surface area contributed by atoms with E-state index in [0.717, 1.165) is 23.2 Å². The van der Waals surface area contributed by atoms with Crippen LogP contribution in [0, 0.1) is 11.3 Å². The van der Waals surface area contributed by atoms with Gasteiger partial charge in [0.2, 0.25) is 0 Å². The van der Waals surface area contributed by atoms with E-state index in [1.807, 2.05) is 13.0 Å². The Morgan fingerprint density at radius 3 is 2.82 bits per heavy atom. The molecule has 56 valence electrons. The minimum Gasteiger partial charge on any atom is -0.399 e. The summed E-state index contributed by atoms with van der Waals surface area (Å²) in [5, 5.41) is 8.65. The number of hydrogen-bond donors (Lipinski definition) is 1. The Bertz CT molecular complexity index is 297. The van der Waals surface area contributed by atoms with Gasteiger partial charge in [-0.05, 0) is 30.2 Å². The zero-order valence-electron chi connectivity index (χ0n) is 6.46. The Morgan fingerprint density at radius 1 is 1.55 bits per heavy atom. The topological polar surface area (TPSA) is 49.8 Å². The van der Waals surface area contributed by atoms with Crippen LogP contribution in [0.4, 0.5) is 5.69 Å². The molecule has 2 heteroatoms. The highest BCUT2D eigenvalue weighted by Gasteiger charge is 1.98.